The number of nitrogens with zero attached hydrogens (tertiary/aromatic N) is 2. The molecule has 0 amide bonds. The smallest absolute Gasteiger partial charge is 0.289 e. The second-order valence-corrected chi connectivity index (χ2v) is 6.98. The maximum Gasteiger partial charge on any atom is 0.289 e. The molecule has 2 saturated heterocycles. The number of rotatable bonds is 3. The fourth-order valence-corrected chi connectivity index (χ4v) is 4.80. The van der Waals surface area contributed by atoms with Crippen molar-refractivity contribution in [2.75, 3.05) is 19.6 Å². The van der Waals surface area contributed by atoms with E-state index >= 15 is 0 Å². The van der Waals surface area contributed by atoms with E-state index in [1.165, 1.54) is 28.6 Å². The van der Waals surface area contributed by atoms with Crippen molar-refractivity contribution in [1.29, 1.82) is 0 Å². The third-order valence-electron chi connectivity index (χ3n) is 4.02. The standard InChI is InChI=1S/C12H15N3O4S/c16-15(17)10-3-1-2-4-12(10)20(18,19)14-8-9-5-6-13-7-11(9)14/h1-4,9,11,13H,5-8H2/t9-,11-/m1/s1. The number of nitrogens with one attached hydrogen (secondary N) is 1. The SMILES string of the molecule is O=[N+]([O-])c1ccccc1S(=O)(=O)N1C[C@H]2CCNC[C@H]21. The molecule has 0 aliphatic carbocycles. The van der Waals surface area contributed by atoms with E-state index < -0.39 is 14.9 Å². The number of piperidine rings is 1. The highest BCUT2D eigenvalue weighted by atomic mass is 32.2. The molecule has 0 aromatic heterocycles. The first-order valence-corrected chi connectivity index (χ1v) is 7.92. The Morgan fingerprint density at radius 3 is 2.80 bits per heavy atom. The molecule has 2 aliphatic rings. The van der Waals surface area contributed by atoms with E-state index in [1.54, 1.807) is 0 Å². The summed E-state index contributed by atoms with van der Waals surface area (Å²) in [6, 6.07) is 5.43. The Hall–Kier alpha value is -1.51. The Kier molecular flexibility index (Phi) is 3.23. The third-order valence-corrected chi connectivity index (χ3v) is 5.96. The van der Waals surface area contributed by atoms with Gasteiger partial charge in [-0.05, 0) is 24.9 Å². The van der Waals surface area contributed by atoms with Crippen LogP contribution in [-0.4, -0.2) is 43.3 Å². The second-order valence-electron chi connectivity index (χ2n) is 5.12. The molecule has 2 fully saturated rings. The monoisotopic (exact) mass is 297 g/mol. The van der Waals surface area contributed by atoms with Crippen molar-refractivity contribution in [1.82, 2.24) is 9.62 Å². The van der Waals surface area contributed by atoms with Crippen LogP contribution in [0.15, 0.2) is 29.2 Å². The fourth-order valence-electron chi connectivity index (χ4n) is 2.90. The van der Waals surface area contributed by atoms with Gasteiger partial charge >= 0.3 is 0 Å². The van der Waals surface area contributed by atoms with Crippen LogP contribution in [0.1, 0.15) is 6.42 Å². The van der Waals surface area contributed by atoms with Gasteiger partial charge in [0, 0.05) is 25.2 Å². The Bertz CT molecular complexity index is 646. The van der Waals surface area contributed by atoms with Gasteiger partial charge in [0.2, 0.25) is 10.0 Å². The van der Waals surface area contributed by atoms with Crippen molar-refractivity contribution in [3.8, 4) is 0 Å². The Labute approximate surface area is 116 Å². The minimum atomic E-state index is -3.80. The predicted molar refractivity (Wildman–Crippen MR) is 71.8 cm³/mol. The van der Waals surface area contributed by atoms with Gasteiger partial charge in [-0.15, -0.1) is 0 Å². The van der Waals surface area contributed by atoms with Gasteiger partial charge in [0.25, 0.3) is 5.69 Å². The topological polar surface area (TPSA) is 92.5 Å². The summed E-state index contributed by atoms with van der Waals surface area (Å²) in [5, 5.41) is 14.2. The molecular weight excluding hydrogens is 282 g/mol. The van der Waals surface area contributed by atoms with Crippen LogP contribution in [0.25, 0.3) is 0 Å². The van der Waals surface area contributed by atoms with Crippen LogP contribution < -0.4 is 5.32 Å². The van der Waals surface area contributed by atoms with Crippen LogP contribution in [-0.2, 0) is 10.0 Å². The quantitative estimate of drug-likeness (QED) is 0.650. The van der Waals surface area contributed by atoms with Gasteiger partial charge in [-0.25, -0.2) is 8.42 Å². The van der Waals surface area contributed by atoms with Crippen LogP contribution >= 0.6 is 0 Å². The summed E-state index contributed by atoms with van der Waals surface area (Å²) < 4.78 is 26.6. The zero-order valence-electron chi connectivity index (χ0n) is 10.7. The summed E-state index contributed by atoms with van der Waals surface area (Å²) in [7, 11) is -3.80. The molecule has 3 rings (SSSR count). The first-order valence-electron chi connectivity index (χ1n) is 6.48. The van der Waals surface area contributed by atoms with Gasteiger partial charge in [-0.3, -0.25) is 10.1 Å². The van der Waals surface area contributed by atoms with E-state index in [4.69, 9.17) is 0 Å². The molecule has 2 heterocycles. The van der Waals surface area contributed by atoms with Crippen LogP contribution in [0.3, 0.4) is 0 Å². The van der Waals surface area contributed by atoms with E-state index in [2.05, 4.69) is 5.32 Å². The number of benzene rings is 1. The molecular formula is C12H15N3O4S. The normalized spacial score (nSPS) is 26.6. The first-order chi connectivity index (χ1) is 9.51. The number of hydrogen-bond donors (Lipinski definition) is 1. The van der Waals surface area contributed by atoms with E-state index in [0.717, 1.165) is 13.0 Å². The van der Waals surface area contributed by atoms with E-state index in [1.807, 2.05) is 0 Å². The lowest BCUT2D eigenvalue weighted by Crippen LogP contribution is -2.64. The van der Waals surface area contributed by atoms with Gasteiger partial charge in [0.1, 0.15) is 0 Å². The third kappa shape index (κ3) is 2.00. The molecule has 0 spiro atoms. The Balaban J connectivity index is 1.95. The number of hydrogen-bond acceptors (Lipinski definition) is 5. The van der Waals surface area contributed by atoms with Crippen LogP contribution in [0.5, 0.6) is 0 Å². The summed E-state index contributed by atoms with van der Waals surface area (Å²) in [5.41, 5.74) is -0.361. The van der Waals surface area contributed by atoms with Crippen molar-refractivity contribution in [3.05, 3.63) is 34.4 Å². The number of para-hydroxylation sites is 1. The molecule has 0 bridgehead atoms. The van der Waals surface area contributed by atoms with E-state index in [0.29, 0.717) is 19.0 Å². The van der Waals surface area contributed by atoms with Gasteiger partial charge in [0.05, 0.1) is 4.92 Å². The van der Waals surface area contributed by atoms with Gasteiger partial charge in [0.15, 0.2) is 4.90 Å². The minimum Gasteiger partial charge on any atom is -0.315 e. The summed E-state index contributed by atoms with van der Waals surface area (Å²) in [6.45, 7) is 1.98. The molecule has 0 saturated carbocycles. The van der Waals surface area contributed by atoms with Crippen molar-refractivity contribution >= 4 is 15.7 Å². The van der Waals surface area contributed by atoms with Crippen LogP contribution in [0, 0.1) is 16.0 Å². The van der Waals surface area contributed by atoms with Gasteiger partial charge < -0.3 is 5.32 Å². The van der Waals surface area contributed by atoms with Crippen molar-refractivity contribution in [3.63, 3.8) is 0 Å². The molecule has 1 aromatic carbocycles. The lowest BCUT2D eigenvalue weighted by Gasteiger charge is -2.49. The molecule has 20 heavy (non-hydrogen) atoms. The molecule has 7 nitrogen and oxygen atoms in total. The Morgan fingerprint density at radius 1 is 1.35 bits per heavy atom. The summed E-state index contributed by atoms with van der Waals surface area (Å²) >= 11 is 0. The van der Waals surface area contributed by atoms with Crippen molar-refractivity contribution < 1.29 is 13.3 Å². The average molecular weight is 297 g/mol. The lowest BCUT2D eigenvalue weighted by atomic mass is 9.86. The maximum atomic E-state index is 12.6. The molecule has 0 radical (unpaired) electrons. The highest BCUT2D eigenvalue weighted by Crippen LogP contribution is 2.37. The van der Waals surface area contributed by atoms with Gasteiger partial charge in [-0.2, -0.15) is 4.31 Å². The molecule has 1 aromatic rings. The van der Waals surface area contributed by atoms with Crippen LogP contribution in [0.2, 0.25) is 0 Å². The predicted octanol–water partition coefficient (Wildman–Crippen LogP) is 0.577. The summed E-state index contributed by atoms with van der Waals surface area (Å²) in [6.07, 6.45) is 0.952. The Morgan fingerprint density at radius 2 is 2.10 bits per heavy atom. The van der Waals surface area contributed by atoms with Crippen molar-refractivity contribution in [2.24, 2.45) is 5.92 Å². The first kappa shape index (κ1) is 13.5. The number of nitro groups is 1. The number of sulfonamides is 1. The minimum absolute atomic E-state index is 0.0754. The number of fused-ring (bicyclic) bond motifs is 1. The highest BCUT2D eigenvalue weighted by molar-refractivity contribution is 7.89. The highest BCUT2D eigenvalue weighted by Gasteiger charge is 2.48. The molecule has 1 N–H and O–H groups in total. The molecule has 0 unspecified atom stereocenters. The maximum absolute atomic E-state index is 12.6. The molecule has 2 aliphatic heterocycles. The molecule has 8 heteroatoms. The van der Waals surface area contributed by atoms with Crippen molar-refractivity contribution in [2.45, 2.75) is 17.4 Å². The van der Waals surface area contributed by atoms with E-state index in [9.17, 15) is 18.5 Å². The lowest BCUT2D eigenvalue weighted by molar-refractivity contribution is -0.387. The fraction of sp³-hybridized carbons (Fsp3) is 0.500. The number of nitro benzene ring substituents is 1. The largest absolute Gasteiger partial charge is 0.315 e. The molecule has 2 atom stereocenters. The zero-order valence-corrected chi connectivity index (χ0v) is 11.5. The van der Waals surface area contributed by atoms with Crippen LogP contribution in [0.4, 0.5) is 5.69 Å². The summed E-state index contributed by atoms with van der Waals surface area (Å²) in [4.78, 5) is 10.1. The van der Waals surface area contributed by atoms with Gasteiger partial charge in [-0.1, -0.05) is 12.1 Å². The second kappa shape index (κ2) is 4.80. The zero-order chi connectivity index (χ0) is 14.3. The van der Waals surface area contributed by atoms with E-state index in [-0.39, 0.29) is 16.6 Å². The average Bonchev–Trinajstić information content (AvgIpc) is 2.40. The molecule has 108 valence electrons. The summed E-state index contributed by atoms with van der Waals surface area (Å²) in [5.74, 6) is 0.369.